The van der Waals surface area contributed by atoms with Crippen LogP contribution < -0.4 is 0 Å². The lowest BCUT2D eigenvalue weighted by atomic mass is 11.3. The summed E-state index contributed by atoms with van der Waals surface area (Å²) in [6.07, 6.45) is 0.860. The fourth-order valence-corrected chi connectivity index (χ4v) is 1.62. The van der Waals surface area contributed by atoms with Crippen LogP contribution in [-0.4, -0.2) is 49.7 Å². The van der Waals surface area contributed by atoms with Crippen LogP contribution in [0.5, 0.6) is 0 Å². The molecule has 8 nitrogen and oxygen atoms in total. The van der Waals surface area contributed by atoms with Crippen LogP contribution in [0, 0.1) is 0 Å². The first kappa shape index (κ1) is 11.2. The quantitative estimate of drug-likeness (QED) is 0.645. The maximum atomic E-state index is 11.4. The van der Waals surface area contributed by atoms with Crippen LogP contribution in [0.1, 0.15) is 0 Å². The van der Waals surface area contributed by atoms with Crippen LogP contribution in [-0.2, 0) is 21.3 Å². The van der Waals surface area contributed by atoms with E-state index in [1.165, 1.54) is 14.1 Å². The molecule has 0 saturated heterocycles. The van der Waals surface area contributed by atoms with Crippen LogP contribution in [0.2, 0.25) is 0 Å². The van der Waals surface area contributed by atoms with E-state index >= 15 is 0 Å². The van der Waals surface area contributed by atoms with Gasteiger partial charge in [-0.2, -0.15) is 12.7 Å². The number of hydrogen-bond acceptors (Lipinski definition) is 5. The van der Waals surface area contributed by atoms with Gasteiger partial charge in [0.15, 0.2) is 0 Å². The molecular weight excluding hydrogens is 232 g/mol. The lowest BCUT2D eigenvalue weighted by Gasteiger charge is -2.08. The van der Waals surface area contributed by atoms with Gasteiger partial charge in [0.25, 0.3) is 5.16 Å². The van der Waals surface area contributed by atoms with Crippen molar-refractivity contribution in [2.75, 3.05) is 14.1 Å². The second kappa shape index (κ2) is 3.73. The minimum absolute atomic E-state index is 0.449. The van der Waals surface area contributed by atoms with Gasteiger partial charge >= 0.3 is 10.2 Å². The third-order valence-electron chi connectivity index (χ3n) is 1.31. The Morgan fingerprint density at radius 2 is 2.14 bits per heavy atom. The summed E-state index contributed by atoms with van der Waals surface area (Å²) in [4.78, 5) is 3.36. The van der Waals surface area contributed by atoms with E-state index < -0.39 is 26.4 Å². The summed E-state index contributed by atoms with van der Waals surface area (Å²) in [5, 5.41) is 2.88. The van der Waals surface area contributed by atoms with Gasteiger partial charge in [0, 0.05) is 14.1 Å². The van der Waals surface area contributed by atoms with Crippen molar-refractivity contribution in [2.45, 2.75) is 5.16 Å². The highest BCUT2D eigenvalue weighted by Gasteiger charge is 2.19. The number of hydrogen-bond donors (Lipinski definition) is 1. The second-order valence-corrected chi connectivity index (χ2v) is 5.30. The largest absolute Gasteiger partial charge is 0.323 e. The van der Waals surface area contributed by atoms with Crippen LogP contribution in [0.3, 0.4) is 0 Å². The van der Waals surface area contributed by atoms with E-state index in [9.17, 15) is 12.6 Å². The van der Waals surface area contributed by atoms with Gasteiger partial charge in [0.05, 0.1) is 0 Å². The Morgan fingerprint density at radius 1 is 1.57 bits per heavy atom. The number of nitrogens with zero attached hydrogens (tertiary/aromatic N) is 4. The second-order valence-electron chi connectivity index (χ2n) is 2.44. The van der Waals surface area contributed by atoms with Gasteiger partial charge in [-0.1, -0.05) is 0 Å². The van der Waals surface area contributed by atoms with Crippen molar-refractivity contribution in [3.8, 4) is 0 Å². The highest BCUT2D eigenvalue weighted by molar-refractivity contribution is 7.87. The molecule has 1 rings (SSSR count). The Bertz CT molecular complexity index is 450. The predicted molar refractivity (Wildman–Crippen MR) is 47.1 cm³/mol. The first-order chi connectivity index (χ1) is 6.35. The summed E-state index contributed by atoms with van der Waals surface area (Å²) in [5.74, 6) is 0. The summed E-state index contributed by atoms with van der Waals surface area (Å²) < 4.78 is 43.2. The third kappa shape index (κ3) is 1.97. The Kier molecular flexibility index (Phi) is 2.99. The van der Waals surface area contributed by atoms with Gasteiger partial charge in [0.1, 0.15) is 6.33 Å². The van der Waals surface area contributed by atoms with Crippen LogP contribution in [0.4, 0.5) is 0 Å². The maximum Gasteiger partial charge on any atom is 0.323 e. The first-order valence-corrected chi connectivity index (χ1v) is 5.81. The van der Waals surface area contributed by atoms with Gasteiger partial charge in [-0.05, 0) is 0 Å². The minimum atomic E-state index is -3.76. The molecule has 1 unspecified atom stereocenters. The zero-order valence-electron chi connectivity index (χ0n) is 7.35. The van der Waals surface area contributed by atoms with Crippen molar-refractivity contribution in [3.63, 3.8) is 0 Å². The Morgan fingerprint density at radius 3 is 2.50 bits per heavy atom. The van der Waals surface area contributed by atoms with Gasteiger partial charge in [-0.15, -0.1) is 9.19 Å². The van der Waals surface area contributed by atoms with E-state index in [2.05, 4.69) is 10.1 Å². The molecule has 14 heavy (non-hydrogen) atoms. The topological polar surface area (TPSA) is 105 Å². The minimum Gasteiger partial charge on any atom is -0.300 e. The fourth-order valence-electron chi connectivity index (χ4n) is 0.593. The van der Waals surface area contributed by atoms with Gasteiger partial charge < -0.3 is 0 Å². The van der Waals surface area contributed by atoms with E-state index in [4.69, 9.17) is 4.55 Å². The molecule has 0 bridgehead atoms. The monoisotopic (exact) mass is 240 g/mol. The lowest BCUT2D eigenvalue weighted by molar-refractivity contribution is 0.501. The molecule has 0 fully saturated rings. The normalized spacial score (nSPS) is 14.6. The highest BCUT2D eigenvalue weighted by Crippen LogP contribution is 2.00. The van der Waals surface area contributed by atoms with Gasteiger partial charge in [0.2, 0.25) is 11.1 Å². The van der Waals surface area contributed by atoms with Crippen molar-refractivity contribution in [2.24, 2.45) is 0 Å². The van der Waals surface area contributed by atoms with Gasteiger partial charge in [-0.3, -0.25) is 4.55 Å². The smallest absolute Gasteiger partial charge is 0.300 e. The fraction of sp³-hybridized carbons (Fsp3) is 0.500. The Balaban J connectivity index is 3.16. The van der Waals surface area contributed by atoms with E-state index in [1.807, 2.05) is 0 Å². The van der Waals surface area contributed by atoms with E-state index in [1.54, 1.807) is 0 Å². The molecular formula is C4H8N4O4S2. The lowest BCUT2D eigenvalue weighted by Crippen LogP contribution is -2.29. The SMILES string of the molecule is CN(C)S(=O)(=O)n1cnc(S(=O)O)n1. The number of aromatic nitrogens is 3. The molecule has 0 aromatic carbocycles. The standard InChI is InChI=1S/C4H8N4O4S2/c1-7(2)14(11,12)8-3-5-4(6-8)13(9)10/h3H,1-2H3,(H,9,10). The highest BCUT2D eigenvalue weighted by atomic mass is 32.2. The zero-order chi connectivity index (χ0) is 10.9. The predicted octanol–water partition coefficient (Wildman–Crippen LogP) is -1.49. The first-order valence-electron chi connectivity index (χ1n) is 3.31. The van der Waals surface area contributed by atoms with E-state index in [-0.39, 0.29) is 0 Å². The summed E-state index contributed by atoms with van der Waals surface area (Å²) in [6, 6.07) is 0. The molecule has 1 aromatic rings. The molecule has 10 heteroatoms. The van der Waals surface area contributed by atoms with E-state index in [0.29, 0.717) is 4.09 Å². The molecule has 0 amide bonds. The van der Waals surface area contributed by atoms with Crippen molar-refractivity contribution in [1.82, 2.24) is 18.5 Å². The molecule has 80 valence electrons. The molecule has 1 aromatic heterocycles. The van der Waals surface area contributed by atoms with Crippen molar-refractivity contribution < 1.29 is 17.2 Å². The molecule has 1 heterocycles. The third-order valence-corrected chi connectivity index (χ3v) is 3.38. The van der Waals surface area contributed by atoms with E-state index in [0.717, 1.165) is 10.6 Å². The molecule has 1 N–H and O–H groups in total. The summed E-state index contributed by atoms with van der Waals surface area (Å²) in [7, 11) is -1.13. The van der Waals surface area contributed by atoms with Crippen molar-refractivity contribution in [3.05, 3.63) is 6.33 Å². The van der Waals surface area contributed by atoms with Crippen LogP contribution in [0.15, 0.2) is 11.5 Å². The summed E-state index contributed by atoms with van der Waals surface area (Å²) in [5.41, 5.74) is 0. The van der Waals surface area contributed by atoms with Crippen LogP contribution in [0.25, 0.3) is 0 Å². The molecule has 0 aliphatic carbocycles. The summed E-state index contributed by atoms with van der Waals surface area (Å²) in [6.45, 7) is 0. The van der Waals surface area contributed by atoms with Gasteiger partial charge in [-0.25, -0.2) is 9.19 Å². The Hall–Kier alpha value is -0.840. The number of rotatable bonds is 3. The van der Waals surface area contributed by atoms with Crippen molar-refractivity contribution in [1.29, 1.82) is 0 Å². The average Bonchev–Trinajstić information content (AvgIpc) is 2.51. The maximum absolute atomic E-state index is 11.4. The van der Waals surface area contributed by atoms with Crippen molar-refractivity contribution >= 4 is 21.3 Å². The van der Waals surface area contributed by atoms with Crippen LogP contribution >= 0.6 is 0 Å². The summed E-state index contributed by atoms with van der Waals surface area (Å²) >= 11 is -2.38. The average molecular weight is 240 g/mol. The molecule has 1 atom stereocenters. The molecule has 0 saturated carbocycles. The molecule has 0 spiro atoms. The molecule has 0 aliphatic heterocycles. The Labute approximate surface area is 83.0 Å². The zero-order valence-corrected chi connectivity index (χ0v) is 8.99. The molecule has 0 aliphatic rings. The molecule has 0 radical (unpaired) electrons.